The maximum atomic E-state index is 12.2. The third kappa shape index (κ3) is 2.94. The molecule has 0 saturated carbocycles. The normalized spacial score (nSPS) is 25.9. The molecule has 104 valence electrons. The Hall–Kier alpha value is -1.26. The van der Waals surface area contributed by atoms with Gasteiger partial charge in [-0.25, -0.2) is 9.59 Å². The van der Waals surface area contributed by atoms with Crippen LogP contribution < -0.4 is 5.32 Å². The number of carboxylic acid groups (broad SMARTS) is 1. The van der Waals surface area contributed by atoms with Crippen molar-refractivity contribution < 1.29 is 14.7 Å². The molecule has 1 saturated heterocycles. The van der Waals surface area contributed by atoms with Gasteiger partial charge < -0.3 is 15.3 Å². The lowest BCUT2D eigenvalue weighted by Crippen LogP contribution is -2.61. The number of carbonyl (C=O) groups excluding carboxylic acids is 1. The van der Waals surface area contributed by atoms with Crippen molar-refractivity contribution in [2.75, 3.05) is 6.54 Å². The number of piperidine rings is 1. The van der Waals surface area contributed by atoms with Crippen LogP contribution in [0.3, 0.4) is 0 Å². The van der Waals surface area contributed by atoms with E-state index in [1.54, 1.807) is 6.92 Å². The van der Waals surface area contributed by atoms with Crippen molar-refractivity contribution in [1.29, 1.82) is 0 Å². The predicted molar refractivity (Wildman–Crippen MR) is 69.4 cm³/mol. The summed E-state index contributed by atoms with van der Waals surface area (Å²) < 4.78 is 0. The third-order valence-corrected chi connectivity index (χ3v) is 3.95. The van der Waals surface area contributed by atoms with Crippen molar-refractivity contribution >= 4 is 12.0 Å². The van der Waals surface area contributed by atoms with Crippen LogP contribution >= 0.6 is 0 Å². The molecule has 2 N–H and O–H groups in total. The molecule has 2 amide bonds. The first kappa shape index (κ1) is 14.8. The second kappa shape index (κ2) is 5.59. The SMILES string of the molecule is CC(C)C(C)NC(=O)N1CCCCC1(C)C(=O)O. The zero-order valence-corrected chi connectivity index (χ0v) is 11.7. The molecule has 2 atom stereocenters. The largest absolute Gasteiger partial charge is 0.480 e. The molecular weight excluding hydrogens is 232 g/mol. The van der Waals surface area contributed by atoms with E-state index in [4.69, 9.17) is 0 Å². The molecule has 0 aromatic carbocycles. The molecule has 1 heterocycles. The van der Waals surface area contributed by atoms with Gasteiger partial charge in [-0.05, 0) is 39.0 Å². The van der Waals surface area contributed by atoms with Crippen molar-refractivity contribution in [1.82, 2.24) is 10.2 Å². The van der Waals surface area contributed by atoms with Crippen molar-refractivity contribution in [3.63, 3.8) is 0 Å². The van der Waals surface area contributed by atoms with Crippen molar-refractivity contribution in [2.45, 2.75) is 58.5 Å². The number of carboxylic acids is 1. The van der Waals surface area contributed by atoms with E-state index in [-0.39, 0.29) is 12.1 Å². The Bertz CT molecular complexity index is 330. The maximum Gasteiger partial charge on any atom is 0.329 e. The Morgan fingerprint density at radius 2 is 1.89 bits per heavy atom. The monoisotopic (exact) mass is 256 g/mol. The van der Waals surface area contributed by atoms with Gasteiger partial charge in [-0.1, -0.05) is 13.8 Å². The summed E-state index contributed by atoms with van der Waals surface area (Å²) in [6.45, 7) is 8.13. The van der Waals surface area contributed by atoms with E-state index in [9.17, 15) is 14.7 Å². The Kier molecular flexibility index (Phi) is 4.59. The summed E-state index contributed by atoms with van der Waals surface area (Å²) in [6.07, 6.45) is 2.24. The lowest BCUT2D eigenvalue weighted by Gasteiger charge is -2.42. The molecule has 1 rings (SSSR count). The lowest BCUT2D eigenvalue weighted by atomic mass is 9.89. The fourth-order valence-corrected chi connectivity index (χ4v) is 2.11. The van der Waals surface area contributed by atoms with Crippen LogP contribution in [0.1, 0.15) is 47.0 Å². The summed E-state index contributed by atoms with van der Waals surface area (Å²) in [4.78, 5) is 25.0. The smallest absolute Gasteiger partial charge is 0.329 e. The number of nitrogens with one attached hydrogen (secondary N) is 1. The van der Waals surface area contributed by atoms with Gasteiger partial charge in [0.25, 0.3) is 0 Å². The molecule has 18 heavy (non-hydrogen) atoms. The van der Waals surface area contributed by atoms with E-state index in [1.165, 1.54) is 4.90 Å². The number of amides is 2. The molecule has 1 fully saturated rings. The van der Waals surface area contributed by atoms with E-state index < -0.39 is 11.5 Å². The summed E-state index contributed by atoms with van der Waals surface area (Å²) >= 11 is 0. The number of hydrogen-bond acceptors (Lipinski definition) is 2. The van der Waals surface area contributed by atoms with Gasteiger partial charge in [0.1, 0.15) is 5.54 Å². The van der Waals surface area contributed by atoms with Crippen LogP contribution in [0.15, 0.2) is 0 Å². The predicted octanol–water partition coefficient (Wildman–Crippen LogP) is 2.07. The number of carbonyl (C=O) groups is 2. The van der Waals surface area contributed by atoms with E-state index in [0.29, 0.717) is 18.9 Å². The second-order valence-corrected chi connectivity index (χ2v) is 5.67. The van der Waals surface area contributed by atoms with Crippen LogP contribution in [-0.4, -0.2) is 40.1 Å². The van der Waals surface area contributed by atoms with Crippen LogP contribution in [0.2, 0.25) is 0 Å². The molecule has 5 nitrogen and oxygen atoms in total. The molecule has 0 spiro atoms. The van der Waals surface area contributed by atoms with Crippen molar-refractivity contribution in [3.05, 3.63) is 0 Å². The first-order valence-corrected chi connectivity index (χ1v) is 6.60. The highest BCUT2D eigenvalue weighted by Crippen LogP contribution is 2.28. The van der Waals surface area contributed by atoms with Gasteiger partial charge in [0.2, 0.25) is 0 Å². The van der Waals surface area contributed by atoms with E-state index in [2.05, 4.69) is 5.32 Å². The van der Waals surface area contributed by atoms with Crippen LogP contribution in [0.5, 0.6) is 0 Å². The van der Waals surface area contributed by atoms with Gasteiger partial charge in [-0.2, -0.15) is 0 Å². The first-order chi connectivity index (χ1) is 8.29. The standard InChI is InChI=1S/C13H24N2O3/c1-9(2)10(3)14-12(18)15-8-6-5-7-13(15,4)11(16)17/h9-10H,5-8H2,1-4H3,(H,14,18)(H,16,17). The number of aliphatic carboxylic acids is 1. The van der Waals surface area contributed by atoms with Gasteiger partial charge >= 0.3 is 12.0 Å². The number of urea groups is 1. The Labute approximate surface area is 109 Å². The second-order valence-electron chi connectivity index (χ2n) is 5.67. The summed E-state index contributed by atoms with van der Waals surface area (Å²) in [5, 5.41) is 12.2. The van der Waals surface area contributed by atoms with Crippen molar-refractivity contribution in [2.24, 2.45) is 5.92 Å². The first-order valence-electron chi connectivity index (χ1n) is 6.60. The fraction of sp³-hybridized carbons (Fsp3) is 0.846. The average molecular weight is 256 g/mol. The fourth-order valence-electron chi connectivity index (χ4n) is 2.11. The number of likely N-dealkylation sites (tertiary alicyclic amines) is 1. The lowest BCUT2D eigenvalue weighted by molar-refractivity contribution is -0.150. The van der Waals surface area contributed by atoms with Gasteiger partial charge in [0, 0.05) is 12.6 Å². The van der Waals surface area contributed by atoms with E-state index in [1.807, 2.05) is 20.8 Å². The molecule has 5 heteroatoms. The number of hydrogen-bond donors (Lipinski definition) is 2. The summed E-state index contributed by atoms with van der Waals surface area (Å²) in [5.74, 6) is -0.593. The maximum absolute atomic E-state index is 12.2. The molecule has 1 aliphatic heterocycles. The molecule has 1 aliphatic rings. The zero-order valence-electron chi connectivity index (χ0n) is 11.7. The average Bonchev–Trinajstić information content (AvgIpc) is 2.28. The highest BCUT2D eigenvalue weighted by molar-refractivity contribution is 5.86. The topological polar surface area (TPSA) is 69.6 Å². The van der Waals surface area contributed by atoms with E-state index >= 15 is 0 Å². The zero-order chi connectivity index (χ0) is 13.9. The van der Waals surface area contributed by atoms with Crippen LogP contribution in [-0.2, 0) is 4.79 Å². The van der Waals surface area contributed by atoms with Crippen LogP contribution in [0, 0.1) is 5.92 Å². The summed E-state index contributed by atoms with van der Waals surface area (Å²) in [5.41, 5.74) is -1.07. The van der Waals surface area contributed by atoms with Crippen LogP contribution in [0.25, 0.3) is 0 Å². The minimum Gasteiger partial charge on any atom is -0.480 e. The molecule has 0 bridgehead atoms. The highest BCUT2D eigenvalue weighted by Gasteiger charge is 2.44. The molecule has 2 unspecified atom stereocenters. The Balaban J connectivity index is 2.78. The molecule has 0 aromatic rings. The van der Waals surface area contributed by atoms with Crippen LogP contribution in [0.4, 0.5) is 4.79 Å². The summed E-state index contributed by atoms with van der Waals surface area (Å²) in [7, 11) is 0. The van der Waals surface area contributed by atoms with Crippen molar-refractivity contribution in [3.8, 4) is 0 Å². The van der Waals surface area contributed by atoms with Gasteiger partial charge in [-0.15, -0.1) is 0 Å². The Morgan fingerprint density at radius 3 is 2.39 bits per heavy atom. The number of nitrogens with zero attached hydrogens (tertiary/aromatic N) is 1. The molecule has 0 aromatic heterocycles. The highest BCUT2D eigenvalue weighted by atomic mass is 16.4. The van der Waals surface area contributed by atoms with Gasteiger partial charge in [-0.3, -0.25) is 0 Å². The van der Waals surface area contributed by atoms with Gasteiger partial charge in [0.05, 0.1) is 0 Å². The molecule has 0 aliphatic carbocycles. The third-order valence-electron chi connectivity index (χ3n) is 3.95. The number of rotatable bonds is 3. The summed E-state index contributed by atoms with van der Waals surface area (Å²) in [6, 6.07) is -0.224. The Morgan fingerprint density at radius 1 is 1.28 bits per heavy atom. The minimum atomic E-state index is -1.07. The van der Waals surface area contributed by atoms with E-state index in [0.717, 1.165) is 12.8 Å². The molecular formula is C13H24N2O3. The van der Waals surface area contributed by atoms with Gasteiger partial charge in [0.15, 0.2) is 0 Å². The quantitative estimate of drug-likeness (QED) is 0.812. The minimum absolute atomic E-state index is 0.0393. The molecule has 0 radical (unpaired) electrons.